The molecule has 0 amide bonds. The summed E-state index contributed by atoms with van der Waals surface area (Å²) in [6.45, 7) is 3.56. The zero-order valence-electron chi connectivity index (χ0n) is 8.73. The van der Waals surface area contributed by atoms with E-state index in [4.69, 9.17) is 0 Å². The van der Waals surface area contributed by atoms with Crippen molar-refractivity contribution in [2.45, 2.75) is 30.2 Å². The van der Waals surface area contributed by atoms with Gasteiger partial charge in [0.2, 0.25) is 0 Å². The molecule has 15 heavy (non-hydrogen) atoms. The minimum absolute atomic E-state index is 0.0720. The fourth-order valence-corrected chi connectivity index (χ4v) is 2.48. The monoisotopic (exact) mass is 243 g/mol. The first-order valence-electron chi connectivity index (χ1n) is 4.68. The molecule has 0 aliphatic rings. The maximum Gasteiger partial charge on any atom is 0.260 e. The van der Waals surface area contributed by atoms with Gasteiger partial charge in [-0.1, -0.05) is 6.92 Å². The Morgan fingerprint density at radius 2 is 2.33 bits per heavy atom. The van der Waals surface area contributed by atoms with Crippen LogP contribution >= 0.6 is 23.5 Å². The van der Waals surface area contributed by atoms with Crippen molar-refractivity contribution in [2.24, 2.45) is 0 Å². The molecule has 5 heteroatoms. The van der Waals surface area contributed by atoms with Gasteiger partial charge in [0, 0.05) is 35.7 Å². The van der Waals surface area contributed by atoms with Crippen LogP contribution in [0.4, 0.5) is 0 Å². The van der Waals surface area contributed by atoms with Gasteiger partial charge in [0.05, 0.1) is 0 Å². The molecule has 1 rings (SSSR count). The van der Waals surface area contributed by atoms with Gasteiger partial charge in [-0.15, -0.1) is 11.8 Å². The Hall–Kier alpha value is -0.680. The summed E-state index contributed by atoms with van der Waals surface area (Å²) >= 11 is 2.66. The smallest absolute Gasteiger partial charge is 0.260 e. The standard InChI is InChI=1S/C10H13NO2S2/c1-3-6-14-9-4-5-11(13)10(7-9)15-8(2)12/h4-5,7H,3,6H2,1-2H3. The zero-order valence-corrected chi connectivity index (χ0v) is 10.4. The van der Waals surface area contributed by atoms with Gasteiger partial charge in [-0.2, -0.15) is 4.73 Å². The van der Waals surface area contributed by atoms with Crippen LogP contribution in [0.5, 0.6) is 0 Å². The van der Waals surface area contributed by atoms with E-state index in [1.54, 1.807) is 23.9 Å². The number of thioether (sulfide) groups is 2. The number of pyridine rings is 1. The Balaban J connectivity index is 2.80. The van der Waals surface area contributed by atoms with E-state index in [9.17, 15) is 10.0 Å². The third kappa shape index (κ3) is 4.13. The molecule has 0 aromatic carbocycles. The third-order valence-electron chi connectivity index (χ3n) is 1.58. The molecule has 0 atom stereocenters. The first kappa shape index (κ1) is 12.4. The number of aromatic nitrogens is 1. The Bertz CT molecular complexity index is 355. The summed E-state index contributed by atoms with van der Waals surface area (Å²) in [6.07, 6.45) is 2.54. The molecule has 0 radical (unpaired) electrons. The molecule has 0 aliphatic heterocycles. The van der Waals surface area contributed by atoms with Crippen molar-refractivity contribution in [3.8, 4) is 0 Å². The van der Waals surface area contributed by atoms with Crippen molar-refractivity contribution in [1.82, 2.24) is 0 Å². The normalized spacial score (nSPS) is 10.3. The largest absolute Gasteiger partial charge is 0.618 e. The summed E-state index contributed by atoms with van der Waals surface area (Å²) in [5.74, 6) is 1.02. The summed E-state index contributed by atoms with van der Waals surface area (Å²) in [7, 11) is 0. The molecule has 82 valence electrons. The van der Waals surface area contributed by atoms with Crippen LogP contribution in [-0.2, 0) is 4.79 Å². The number of hydrogen-bond acceptors (Lipinski definition) is 4. The van der Waals surface area contributed by atoms with E-state index in [0.717, 1.165) is 33.6 Å². The SMILES string of the molecule is CCCSc1cc[n+]([O-])c(SC(C)=O)c1. The van der Waals surface area contributed by atoms with Crippen molar-refractivity contribution in [1.29, 1.82) is 0 Å². The summed E-state index contributed by atoms with van der Waals surface area (Å²) in [6, 6.07) is 3.54. The predicted octanol–water partition coefficient (Wildman–Crippen LogP) is 2.46. The zero-order chi connectivity index (χ0) is 11.3. The molecule has 0 fully saturated rings. The molecular weight excluding hydrogens is 230 g/mol. The average molecular weight is 243 g/mol. The van der Waals surface area contributed by atoms with Gasteiger partial charge in [0.25, 0.3) is 5.03 Å². The molecule has 1 aromatic rings. The quantitative estimate of drug-likeness (QED) is 0.463. The summed E-state index contributed by atoms with van der Waals surface area (Å²) in [4.78, 5) is 11.9. The van der Waals surface area contributed by atoms with E-state index in [1.807, 2.05) is 0 Å². The van der Waals surface area contributed by atoms with Crippen molar-refractivity contribution in [3.63, 3.8) is 0 Å². The molecular formula is C10H13NO2S2. The van der Waals surface area contributed by atoms with Crippen molar-refractivity contribution in [2.75, 3.05) is 5.75 Å². The molecule has 0 unspecified atom stereocenters. The topological polar surface area (TPSA) is 44.0 Å². The fraction of sp³-hybridized carbons (Fsp3) is 0.400. The van der Waals surface area contributed by atoms with Gasteiger partial charge < -0.3 is 5.21 Å². The number of rotatable bonds is 4. The summed E-state index contributed by atoms with van der Waals surface area (Å²) < 4.78 is 0.724. The van der Waals surface area contributed by atoms with E-state index in [2.05, 4.69) is 6.92 Å². The molecule has 0 saturated heterocycles. The van der Waals surface area contributed by atoms with Crippen LogP contribution in [0.25, 0.3) is 0 Å². The predicted molar refractivity (Wildman–Crippen MR) is 63.0 cm³/mol. The van der Waals surface area contributed by atoms with Crippen LogP contribution < -0.4 is 4.73 Å². The average Bonchev–Trinajstić information content (AvgIpc) is 2.18. The highest BCUT2D eigenvalue weighted by Gasteiger charge is 2.10. The Morgan fingerprint density at radius 3 is 2.93 bits per heavy atom. The molecule has 0 spiro atoms. The molecule has 0 N–H and O–H groups in total. The van der Waals surface area contributed by atoms with Gasteiger partial charge in [0.1, 0.15) is 0 Å². The van der Waals surface area contributed by atoms with Crippen LogP contribution in [0, 0.1) is 5.21 Å². The van der Waals surface area contributed by atoms with Crippen molar-refractivity contribution < 1.29 is 9.52 Å². The molecule has 1 aromatic heterocycles. The van der Waals surface area contributed by atoms with E-state index in [1.165, 1.54) is 13.1 Å². The summed E-state index contributed by atoms with van der Waals surface area (Å²) in [5.41, 5.74) is 0. The van der Waals surface area contributed by atoms with Crippen LogP contribution in [0.15, 0.2) is 28.3 Å². The number of carbonyl (C=O) groups is 1. The van der Waals surface area contributed by atoms with Gasteiger partial charge >= 0.3 is 0 Å². The van der Waals surface area contributed by atoms with E-state index >= 15 is 0 Å². The second-order valence-electron chi connectivity index (χ2n) is 2.97. The van der Waals surface area contributed by atoms with Gasteiger partial charge in [-0.25, -0.2) is 0 Å². The second-order valence-corrected chi connectivity index (χ2v) is 5.33. The van der Waals surface area contributed by atoms with E-state index in [-0.39, 0.29) is 5.12 Å². The first-order chi connectivity index (χ1) is 7.13. The van der Waals surface area contributed by atoms with Crippen LogP contribution in [0.2, 0.25) is 0 Å². The van der Waals surface area contributed by atoms with Gasteiger partial charge in [-0.05, 0) is 12.2 Å². The Morgan fingerprint density at radius 1 is 1.60 bits per heavy atom. The third-order valence-corrected chi connectivity index (χ3v) is 3.57. The molecule has 3 nitrogen and oxygen atoms in total. The number of nitrogens with zero attached hydrogens (tertiary/aromatic N) is 1. The molecule has 1 heterocycles. The summed E-state index contributed by atoms with van der Waals surface area (Å²) in [5, 5.41) is 11.7. The highest BCUT2D eigenvalue weighted by Crippen LogP contribution is 2.22. The lowest BCUT2D eigenvalue weighted by molar-refractivity contribution is -0.645. The van der Waals surface area contributed by atoms with Gasteiger partial charge in [-0.3, -0.25) is 4.79 Å². The number of carbonyl (C=O) groups excluding carboxylic acids is 1. The maximum absolute atomic E-state index is 11.3. The molecule has 0 bridgehead atoms. The van der Waals surface area contributed by atoms with E-state index in [0.29, 0.717) is 5.03 Å². The second kappa shape index (κ2) is 6.02. The van der Waals surface area contributed by atoms with Crippen molar-refractivity contribution >= 4 is 28.6 Å². The lowest BCUT2D eigenvalue weighted by atomic mass is 10.5. The molecule has 0 aliphatic carbocycles. The minimum atomic E-state index is -0.0720. The first-order valence-corrected chi connectivity index (χ1v) is 6.48. The number of hydrogen-bond donors (Lipinski definition) is 0. The highest BCUT2D eigenvalue weighted by molar-refractivity contribution is 8.13. The van der Waals surface area contributed by atoms with Crippen LogP contribution in [0.1, 0.15) is 20.3 Å². The Labute approximate surface area is 97.8 Å². The lowest BCUT2D eigenvalue weighted by Gasteiger charge is -2.04. The minimum Gasteiger partial charge on any atom is -0.618 e. The van der Waals surface area contributed by atoms with Crippen molar-refractivity contribution in [3.05, 3.63) is 23.5 Å². The molecule has 0 saturated carbocycles. The maximum atomic E-state index is 11.3. The van der Waals surface area contributed by atoms with E-state index < -0.39 is 0 Å². The lowest BCUT2D eigenvalue weighted by Crippen LogP contribution is -2.28. The van der Waals surface area contributed by atoms with Gasteiger partial charge in [0.15, 0.2) is 11.3 Å². The fourth-order valence-electron chi connectivity index (χ4n) is 0.979. The van der Waals surface area contributed by atoms with Crippen LogP contribution in [0.3, 0.4) is 0 Å². The van der Waals surface area contributed by atoms with Crippen LogP contribution in [-0.4, -0.2) is 10.9 Å². The Kier molecular flexibility index (Phi) is 4.98. The highest BCUT2D eigenvalue weighted by atomic mass is 32.2.